The average Bonchev–Trinajstić information content (AvgIpc) is 2.01. The molecule has 0 atom stereocenters. The van der Waals surface area contributed by atoms with E-state index in [9.17, 15) is 0 Å². The van der Waals surface area contributed by atoms with Crippen LogP contribution in [0.2, 0.25) is 0 Å². The van der Waals surface area contributed by atoms with E-state index >= 15 is 0 Å². The monoisotopic (exact) mass is 216 g/mol. The minimum Gasteiger partial charge on any atom is -0.320 e. The van der Waals surface area contributed by atoms with Crippen molar-refractivity contribution in [3.63, 3.8) is 0 Å². The molecule has 0 aromatic carbocycles. The molecule has 0 saturated heterocycles. The van der Waals surface area contributed by atoms with Crippen LogP contribution in [0.15, 0.2) is 0 Å². The lowest BCUT2D eigenvalue weighted by Gasteiger charge is -1.76. The largest absolute Gasteiger partial charge is 0.394 e. The van der Waals surface area contributed by atoms with E-state index in [1.165, 1.54) is 0 Å². The highest BCUT2D eigenvalue weighted by molar-refractivity contribution is 7.79. The van der Waals surface area contributed by atoms with Crippen LogP contribution in [-0.4, -0.2) is 44.7 Å². The molecule has 0 radical (unpaired) electrons. The van der Waals surface area contributed by atoms with Gasteiger partial charge in [-0.05, 0) is 27.2 Å². The second-order valence-corrected chi connectivity index (χ2v) is 2.76. The van der Waals surface area contributed by atoms with E-state index in [1.54, 1.807) is 0 Å². The summed E-state index contributed by atoms with van der Waals surface area (Å²) in [5.41, 5.74) is 0. The Labute approximate surface area is 80.3 Å². The molecule has 7 heteroatoms. The zero-order valence-corrected chi connectivity index (χ0v) is 9.35. The third-order valence-corrected chi connectivity index (χ3v) is 0.707. The van der Waals surface area contributed by atoms with Gasteiger partial charge in [0, 0.05) is 0 Å². The number of rotatable bonds is 2. The fourth-order valence-corrected chi connectivity index (χ4v) is 0. The van der Waals surface area contributed by atoms with E-state index < -0.39 is 10.4 Å². The van der Waals surface area contributed by atoms with Gasteiger partial charge in [0.1, 0.15) is 0 Å². The SMILES string of the molecule is CCNC.CCNC.O=S(=O)(O)O. The van der Waals surface area contributed by atoms with E-state index in [2.05, 4.69) is 24.5 Å². The first-order valence-corrected chi connectivity index (χ1v) is 5.22. The summed E-state index contributed by atoms with van der Waals surface area (Å²) in [6, 6.07) is 0. The fourth-order valence-electron chi connectivity index (χ4n) is 0. The molecule has 0 aromatic heterocycles. The average molecular weight is 216 g/mol. The second kappa shape index (κ2) is 14.3. The zero-order chi connectivity index (χ0) is 11.3. The summed E-state index contributed by atoms with van der Waals surface area (Å²) in [6.45, 7) is 6.28. The third kappa shape index (κ3) is 353. The van der Waals surface area contributed by atoms with Crippen LogP contribution in [0.5, 0.6) is 0 Å². The predicted octanol–water partition coefficient (Wildman–Crippen LogP) is -0.201. The van der Waals surface area contributed by atoms with Crippen LogP contribution in [0.4, 0.5) is 0 Å². The molecule has 84 valence electrons. The van der Waals surface area contributed by atoms with Gasteiger partial charge in [-0.15, -0.1) is 0 Å². The van der Waals surface area contributed by atoms with Crippen molar-refractivity contribution in [1.82, 2.24) is 10.6 Å². The molecule has 0 spiro atoms. The maximum atomic E-state index is 8.74. The second-order valence-electron chi connectivity index (χ2n) is 1.86. The molecule has 0 rings (SSSR count). The summed E-state index contributed by atoms with van der Waals surface area (Å²) in [4.78, 5) is 0. The van der Waals surface area contributed by atoms with Gasteiger partial charge in [0.25, 0.3) is 0 Å². The summed E-state index contributed by atoms with van der Waals surface area (Å²) < 4.78 is 31.6. The Hall–Kier alpha value is -0.210. The Morgan fingerprint density at radius 2 is 1.08 bits per heavy atom. The van der Waals surface area contributed by atoms with Crippen LogP contribution in [0.1, 0.15) is 13.8 Å². The molecule has 0 unspecified atom stereocenters. The molecule has 6 nitrogen and oxygen atoms in total. The van der Waals surface area contributed by atoms with Crippen LogP contribution < -0.4 is 10.6 Å². The molecule has 0 aliphatic carbocycles. The molecule has 0 amide bonds. The maximum absolute atomic E-state index is 8.74. The Balaban J connectivity index is -0.000000117. The Morgan fingerprint density at radius 3 is 1.08 bits per heavy atom. The van der Waals surface area contributed by atoms with Crippen molar-refractivity contribution in [2.75, 3.05) is 27.2 Å². The molecular weight excluding hydrogens is 196 g/mol. The first-order valence-electron chi connectivity index (χ1n) is 3.82. The molecule has 0 fully saturated rings. The number of hydrogen-bond acceptors (Lipinski definition) is 4. The summed E-state index contributed by atoms with van der Waals surface area (Å²) >= 11 is 0. The van der Waals surface area contributed by atoms with E-state index in [0.717, 1.165) is 13.1 Å². The minimum atomic E-state index is -4.67. The van der Waals surface area contributed by atoms with Gasteiger partial charge in [-0.3, -0.25) is 9.11 Å². The third-order valence-electron chi connectivity index (χ3n) is 0.707. The van der Waals surface area contributed by atoms with Crippen LogP contribution in [0.3, 0.4) is 0 Å². The quantitative estimate of drug-likeness (QED) is 0.477. The van der Waals surface area contributed by atoms with Gasteiger partial charge in [-0.1, -0.05) is 13.8 Å². The first kappa shape index (κ1) is 18.5. The number of nitrogens with one attached hydrogen (secondary N) is 2. The molecule has 13 heavy (non-hydrogen) atoms. The molecule has 0 saturated carbocycles. The molecule has 0 aromatic rings. The molecule has 0 aliphatic heterocycles. The molecule has 0 bridgehead atoms. The van der Waals surface area contributed by atoms with Crippen molar-refractivity contribution in [3.8, 4) is 0 Å². The lowest BCUT2D eigenvalue weighted by Crippen LogP contribution is -2.01. The normalized spacial score (nSPS) is 9.08. The van der Waals surface area contributed by atoms with E-state index in [1.807, 2.05) is 14.1 Å². The van der Waals surface area contributed by atoms with Crippen LogP contribution in [0, 0.1) is 0 Å². The predicted molar refractivity (Wildman–Crippen MR) is 53.4 cm³/mol. The van der Waals surface area contributed by atoms with Crippen LogP contribution >= 0.6 is 0 Å². The van der Waals surface area contributed by atoms with Gasteiger partial charge in [0.05, 0.1) is 0 Å². The van der Waals surface area contributed by atoms with Crippen LogP contribution in [-0.2, 0) is 10.4 Å². The molecule has 4 N–H and O–H groups in total. The highest BCUT2D eigenvalue weighted by Crippen LogP contribution is 1.59. The summed E-state index contributed by atoms with van der Waals surface area (Å²) in [7, 11) is -0.806. The molecule has 0 aliphatic rings. The van der Waals surface area contributed by atoms with Gasteiger partial charge in [-0.2, -0.15) is 8.42 Å². The van der Waals surface area contributed by atoms with Gasteiger partial charge < -0.3 is 10.6 Å². The van der Waals surface area contributed by atoms with Crippen LogP contribution in [0.25, 0.3) is 0 Å². The highest BCUT2D eigenvalue weighted by Gasteiger charge is 1.84. The smallest absolute Gasteiger partial charge is 0.320 e. The maximum Gasteiger partial charge on any atom is 0.394 e. The first-order chi connectivity index (χ1) is 5.83. The van der Waals surface area contributed by atoms with E-state index in [-0.39, 0.29) is 0 Å². The lowest BCUT2D eigenvalue weighted by atomic mass is 10.8. The lowest BCUT2D eigenvalue weighted by molar-refractivity contribution is 0.381. The van der Waals surface area contributed by atoms with Crippen molar-refractivity contribution < 1.29 is 17.5 Å². The van der Waals surface area contributed by atoms with E-state index in [4.69, 9.17) is 17.5 Å². The Kier molecular flexibility index (Phi) is 20.4. The van der Waals surface area contributed by atoms with Crippen molar-refractivity contribution in [2.24, 2.45) is 0 Å². The summed E-state index contributed by atoms with van der Waals surface area (Å²) in [6.07, 6.45) is 0. The van der Waals surface area contributed by atoms with Crippen molar-refractivity contribution in [1.29, 1.82) is 0 Å². The van der Waals surface area contributed by atoms with Gasteiger partial charge in [0.15, 0.2) is 0 Å². The summed E-state index contributed by atoms with van der Waals surface area (Å²) in [5, 5.41) is 5.86. The summed E-state index contributed by atoms with van der Waals surface area (Å²) in [5.74, 6) is 0. The van der Waals surface area contributed by atoms with Gasteiger partial charge >= 0.3 is 10.4 Å². The Morgan fingerprint density at radius 1 is 1.00 bits per heavy atom. The molecule has 0 heterocycles. The highest BCUT2D eigenvalue weighted by atomic mass is 32.3. The standard InChI is InChI=1S/2C3H9N.H2O4S/c2*1-3-4-2;1-5(2,3)4/h2*4H,3H2,1-2H3;(H2,1,2,3,4). The van der Waals surface area contributed by atoms with Crippen molar-refractivity contribution in [3.05, 3.63) is 0 Å². The zero-order valence-electron chi connectivity index (χ0n) is 8.53. The minimum absolute atomic E-state index is 1.07. The van der Waals surface area contributed by atoms with Crippen molar-refractivity contribution >= 4 is 10.4 Å². The molecular formula is C6H20N2O4S. The Bertz CT molecular complexity index is 142. The van der Waals surface area contributed by atoms with Gasteiger partial charge in [0.2, 0.25) is 0 Å². The fraction of sp³-hybridized carbons (Fsp3) is 1.00. The number of hydrogen-bond donors (Lipinski definition) is 4. The topological polar surface area (TPSA) is 98.7 Å². The van der Waals surface area contributed by atoms with Crippen molar-refractivity contribution in [2.45, 2.75) is 13.8 Å². The van der Waals surface area contributed by atoms with E-state index in [0.29, 0.717) is 0 Å². The van der Waals surface area contributed by atoms with Gasteiger partial charge in [-0.25, -0.2) is 0 Å².